The van der Waals surface area contributed by atoms with Crippen molar-refractivity contribution < 1.29 is 13.2 Å². The molecule has 0 aliphatic heterocycles. The first kappa shape index (κ1) is 13.9. The first-order valence-corrected chi connectivity index (χ1v) is 4.90. The minimum absolute atomic E-state index is 0.0397. The van der Waals surface area contributed by atoms with Crippen LogP contribution in [0.1, 0.15) is 5.56 Å². The highest BCUT2D eigenvalue weighted by atomic mass is 35.5. The van der Waals surface area contributed by atoms with Gasteiger partial charge in [0, 0.05) is 5.69 Å². The van der Waals surface area contributed by atoms with E-state index in [1.54, 1.807) is 0 Å². The zero-order valence-electron chi connectivity index (χ0n) is 8.72. The maximum Gasteiger partial charge on any atom is 0.416 e. The summed E-state index contributed by atoms with van der Waals surface area (Å²) in [6, 6.07) is 7.29. The summed E-state index contributed by atoms with van der Waals surface area (Å²) in [6.45, 7) is 0. The molecule has 0 fully saturated rings. The van der Waals surface area contributed by atoms with E-state index in [0.717, 1.165) is 12.1 Å². The largest absolute Gasteiger partial charge is 0.416 e. The molecule has 0 unspecified atom stereocenters. The van der Waals surface area contributed by atoms with E-state index in [4.69, 9.17) is 22.1 Å². The zero-order chi connectivity index (χ0) is 13.8. The maximum absolute atomic E-state index is 12.4. The summed E-state index contributed by atoms with van der Waals surface area (Å²) in [5.41, 5.74) is -1.22. The average Bonchev–Trinajstić information content (AvgIpc) is 2.29. The number of allylic oxidation sites excluding steroid dienone is 1. The summed E-state index contributed by atoms with van der Waals surface area (Å²) in [5.74, 6) is 0. The van der Waals surface area contributed by atoms with E-state index >= 15 is 0 Å². The molecule has 0 saturated heterocycles. The Kier molecular flexibility index (Phi) is 4.19. The molecule has 1 aromatic carbocycles. The van der Waals surface area contributed by atoms with Crippen molar-refractivity contribution in [3.63, 3.8) is 0 Å². The Balaban J connectivity index is 3.05. The number of anilines is 1. The van der Waals surface area contributed by atoms with Crippen LogP contribution in [0.3, 0.4) is 0 Å². The van der Waals surface area contributed by atoms with Crippen LogP contribution in [0.5, 0.6) is 0 Å². The van der Waals surface area contributed by atoms with Crippen LogP contribution in [0.2, 0.25) is 0 Å². The molecule has 1 N–H and O–H groups in total. The molecule has 0 bridgehead atoms. The Bertz CT molecular complexity index is 548. The molecular weight excluding hydrogens is 267 g/mol. The number of halogens is 4. The summed E-state index contributed by atoms with van der Waals surface area (Å²) < 4.78 is 37.3. The van der Waals surface area contributed by atoms with Crippen LogP contribution in [-0.2, 0) is 6.18 Å². The maximum atomic E-state index is 12.4. The second kappa shape index (κ2) is 5.44. The van der Waals surface area contributed by atoms with Crippen LogP contribution >= 0.6 is 11.6 Å². The fraction of sp³-hybridized carbons (Fsp3) is 0.0909. The van der Waals surface area contributed by atoms with Gasteiger partial charge in [-0.15, -0.1) is 0 Å². The van der Waals surface area contributed by atoms with E-state index in [1.807, 2.05) is 0 Å². The molecule has 0 atom stereocenters. The molecule has 0 saturated carbocycles. The fourth-order valence-corrected chi connectivity index (χ4v) is 1.28. The highest BCUT2D eigenvalue weighted by Gasteiger charge is 2.30. The van der Waals surface area contributed by atoms with Crippen molar-refractivity contribution in [3.8, 4) is 12.1 Å². The van der Waals surface area contributed by atoms with Crippen molar-refractivity contribution >= 4 is 17.3 Å². The van der Waals surface area contributed by atoms with Crippen LogP contribution < -0.4 is 5.32 Å². The van der Waals surface area contributed by atoms with Gasteiger partial charge < -0.3 is 5.32 Å². The molecule has 0 amide bonds. The summed E-state index contributed by atoms with van der Waals surface area (Å²) in [4.78, 5) is 0. The van der Waals surface area contributed by atoms with Gasteiger partial charge in [-0.25, -0.2) is 0 Å². The third kappa shape index (κ3) is 3.41. The molecule has 0 aromatic heterocycles. The number of alkyl halides is 3. The van der Waals surface area contributed by atoms with Crippen molar-refractivity contribution in [2.75, 3.05) is 5.32 Å². The lowest BCUT2D eigenvalue weighted by Gasteiger charge is -2.09. The summed E-state index contributed by atoms with van der Waals surface area (Å²) in [6.07, 6.45) is -4.47. The molecule has 0 aliphatic carbocycles. The lowest BCUT2D eigenvalue weighted by Crippen LogP contribution is -2.05. The molecule has 1 aromatic rings. The number of nitrogens with zero attached hydrogens (tertiary/aromatic N) is 2. The molecule has 92 valence electrons. The lowest BCUT2D eigenvalue weighted by molar-refractivity contribution is -0.137. The molecule has 3 nitrogen and oxygen atoms in total. The standard InChI is InChI=1S/C11H5ClF3N3/c12-10(7(5-16)6-17)18-9-3-1-2-8(4-9)11(13,14)15/h1-4,18H. The SMILES string of the molecule is N#CC(C#N)=C(Cl)Nc1cccc(C(F)(F)F)c1. The van der Waals surface area contributed by atoms with Gasteiger partial charge in [0.25, 0.3) is 0 Å². The Morgan fingerprint density at radius 1 is 1.22 bits per heavy atom. The van der Waals surface area contributed by atoms with Gasteiger partial charge >= 0.3 is 6.18 Å². The number of benzene rings is 1. The summed E-state index contributed by atoms with van der Waals surface area (Å²) >= 11 is 5.59. The molecule has 0 aliphatic rings. The van der Waals surface area contributed by atoms with Gasteiger partial charge in [0.1, 0.15) is 17.3 Å². The first-order valence-electron chi connectivity index (χ1n) is 4.52. The van der Waals surface area contributed by atoms with Crippen LogP contribution in [-0.4, -0.2) is 0 Å². The van der Waals surface area contributed by atoms with E-state index in [0.29, 0.717) is 0 Å². The quantitative estimate of drug-likeness (QED) is 0.660. The smallest absolute Gasteiger partial charge is 0.344 e. The van der Waals surface area contributed by atoms with Gasteiger partial charge in [0.05, 0.1) is 5.56 Å². The zero-order valence-corrected chi connectivity index (χ0v) is 9.47. The predicted octanol–water partition coefficient (Wildman–Crippen LogP) is 3.61. The van der Waals surface area contributed by atoms with Crippen molar-refractivity contribution in [1.82, 2.24) is 0 Å². The average molecular weight is 272 g/mol. The van der Waals surface area contributed by atoms with Gasteiger partial charge in [0.2, 0.25) is 0 Å². The topological polar surface area (TPSA) is 59.6 Å². The third-order valence-electron chi connectivity index (χ3n) is 1.89. The minimum Gasteiger partial charge on any atom is -0.344 e. The highest BCUT2D eigenvalue weighted by molar-refractivity contribution is 6.31. The molecular formula is C11H5ClF3N3. The van der Waals surface area contributed by atoms with E-state index in [2.05, 4.69) is 5.32 Å². The summed E-state index contributed by atoms with van der Waals surface area (Å²) in [7, 11) is 0. The first-order chi connectivity index (χ1) is 8.38. The highest BCUT2D eigenvalue weighted by Crippen LogP contribution is 2.31. The van der Waals surface area contributed by atoms with Crippen molar-refractivity contribution in [2.45, 2.75) is 6.18 Å². The second-order valence-corrected chi connectivity index (χ2v) is 3.49. The van der Waals surface area contributed by atoms with Gasteiger partial charge in [0.15, 0.2) is 5.57 Å². The monoisotopic (exact) mass is 271 g/mol. The van der Waals surface area contributed by atoms with Crippen LogP contribution in [0.15, 0.2) is 35.0 Å². The van der Waals surface area contributed by atoms with E-state index < -0.39 is 17.3 Å². The summed E-state index contributed by atoms with van der Waals surface area (Å²) in [5, 5.41) is 19.1. The Morgan fingerprint density at radius 3 is 2.33 bits per heavy atom. The van der Waals surface area contributed by atoms with E-state index in [-0.39, 0.29) is 10.8 Å². The number of hydrogen-bond acceptors (Lipinski definition) is 3. The minimum atomic E-state index is -4.47. The van der Waals surface area contributed by atoms with Crippen LogP contribution in [0.25, 0.3) is 0 Å². The van der Waals surface area contributed by atoms with Gasteiger partial charge in [-0.1, -0.05) is 17.7 Å². The van der Waals surface area contributed by atoms with Crippen LogP contribution in [0, 0.1) is 22.7 Å². The second-order valence-electron chi connectivity index (χ2n) is 3.12. The number of hydrogen-bond donors (Lipinski definition) is 1. The molecule has 0 radical (unpaired) electrons. The van der Waals surface area contributed by atoms with Crippen molar-refractivity contribution in [2.24, 2.45) is 0 Å². The lowest BCUT2D eigenvalue weighted by atomic mass is 10.2. The third-order valence-corrected chi connectivity index (χ3v) is 2.17. The number of rotatable bonds is 2. The van der Waals surface area contributed by atoms with Crippen molar-refractivity contribution in [1.29, 1.82) is 10.5 Å². The van der Waals surface area contributed by atoms with Gasteiger partial charge in [-0.3, -0.25) is 0 Å². The Hall–Kier alpha value is -2.18. The fourth-order valence-electron chi connectivity index (χ4n) is 1.09. The molecule has 0 heterocycles. The Labute approximate surface area is 106 Å². The van der Waals surface area contributed by atoms with E-state index in [9.17, 15) is 13.2 Å². The molecule has 0 spiro atoms. The number of nitrogens with one attached hydrogen (secondary N) is 1. The normalized spacial score (nSPS) is 10.1. The molecule has 7 heteroatoms. The van der Waals surface area contributed by atoms with Crippen molar-refractivity contribution in [3.05, 3.63) is 40.6 Å². The predicted molar refractivity (Wildman–Crippen MR) is 59.2 cm³/mol. The van der Waals surface area contributed by atoms with Gasteiger partial charge in [-0.2, -0.15) is 23.7 Å². The van der Waals surface area contributed by atoms with Crippen LogP contribution in [0.4, 0.5) is 18.9 Å². The Morgan fingerprint density at radius 2 is 1.83 bits per heavy atom. The van der Waals surface area contributed by atoms with E-state index in [1.165, 1.54) is 24.3 Å². The molecule has 18 heavy (non-hydrogen) atoms. The van der Waals surface area contributed by atoms with Gasteiger partial charge in [-0.05, 0) is 18.2 Å². The molecule has 1 rings (SSSR count). The number of nitriles is 2.